The van der Waals surface area contributed by atoms with Crippen LogP contribution in [0.15, 0.2) is 73.9 Å². The van der Waals surface area contributed by atoms with Crippen LogP contribution in [-0.2, 0) is 10.5 Å². The van der Waals surface area contributed by atoms with Gasteiger partial charge in [0, 0.05) is 24.2 Å². The lowest BCUT2D eigenvalue weighted by molar-refractivity contribution is -0.132. The van der Waals surface area contributed by atoms with E-state index in [1.54, 1.807) is 31.2 Å². The molecule has 3 aromatic rings. The minimum atomic E-state index is -1.10. The summed E-state index contributed by atoms with van der Waals surface area (Å²) in [5, 5.41) is 13.6. The molecule has 0 amide bonds. The van der Waals surface area contributed by atoms with Gasteiger partial charge < -0.3 is 14.8 Å². The second-order valence-corrected chi connectivity index (χ2v) is 7.89. The van der Waals surface area contributed by atoms with Gasteiger partial charge in [-0.15, -0.1) is 0 Å². The Morgan fingerprint density at radius 2 is 2.03 bits per heavy atom. The molecule has 0 spiro atoms. The highest BCUT2D eigenvalue weighted by Crippen LogP contribution is 2.39. The van der Waals surface area contributed by atoms with Gasteiger partial charge in [-0.1, -0.05) is 11.6 Å². The average Bonchev–Trinajstić information content (AvgIpc) is 3.15. The molecule has 0 saturated carbocycles. The van der Waals surface area contributed by atoms with Gasteiger partial charge >= 0.3 is 5.97 Å². The zero-order valence-electron chi connectivity index (χ0n) is 15.5. The predicted molar refractivity (Wildman–Crippen MR) is 110 cm³/mol. The number of nitrogens with zero attached hydrogens (tertiary/aromatic N) is 3. The molecule has 3 heterocycles. The Morgan fingerprint density at radius 1 is 1.27 bits per heavy atom. The van der Waals surface area contributed by atoms with Gasteiger partial charge in [0.25, 0.3) is 0 Å². The van der Waals surface area contributed by atoms with Crippen molar-refractivity contribution >= 4 is 35.5 Å². The van der Waals surface area contributed by atoms with Gasteiger partial charge in [-0.3, -0.25) is 4.99 Å². The van der Waals surface area contributed by atoms with E-state index < -0.39 is 11.6 Å². The summed E-state index contributed by atoms with van der Waals surface area (Å²) in [5.41, 5.74) is -0.0438. The zero-order valence-corrected chi connectivity index (χ0v) is 17.0. The van der Waals surface area contributed by atoms with E-state index in [0.29, 0.717) is 26.4 Å². The lowest BCUT2D eigenvalue weighted by Gasteiger charge is -2.27. The van der Waals surface area contributed by atoms with E-state index in [1.807, 2.05) is 0 Å². The van der Waals surface area contributed by atoms with Crippen LogP contribution >= 0.6 is 23.4 Å². The van der Waals surface area contributed by atoms with Crippen LogP contribution in [0.5, 0.6) is 0 Å². The van der Waals surface area contributed by atoms with E-state index in [2.05, 4.69) is 20.3 Å². The SMILES string of the molecule is CC1(c2nc(-c3ccc(F)cc3)oc2Sc2ccc(Cl)cn2)N=CC(C(=O)O)=CN1. The molecule has 152 valence electrons. The number of pyridine rings is 1. The first-order valence-corrected chi connectivity index (χ1v) is 9.86. The summed E-state index contributed by atoms with van der Waals surface area (Å²) in [7, 11) is 0. The third-order valence-electron chi connectivity index (χ3n) is 4.26. The summed E-state index contributed by atoms with van der Waals surface area (Å²) in [5.74, 6) is -1.20. The fourth-order valence-corrected chi connectivity index (χ4v) is 3.66. The average molecular weight is 445 g/mol. The van der Waals surface area contributed by atoms with E-state index in [0.717, 1.165) is 0 Å². The molecule has 1 aliphatic rings. The highest BCUT2D eigenvalue weighted by atomic mass is 35.5. The molecule has 0 fully saturated rings. The summed E-state index contributed by atoms with van der Waals surface area (Å²) in [4.78, 5) is 24.3. The van der Waals surface area contributed by atoms with Gasteiger partial charge in [-0.05, 0) is 55.1 Å². The zero-order chi connectivity index (χ0) is 21.3. The Balaban J connectivity index is 1.75. The van der Waals surface area contributed by atoms with Crippen molar-refractivity contribution in [3.05, 3.63) is 70.9 Å². The number of benzene rings is 1. The molecular formula is C20H14ClFN4O3S. The van der Waals surface area contributed by atoms with E-state index >= 15 is 0 Å². The number of carboxylic acids is 1. The molecule has 0 aliphatic carbocycles. The van der Waals surface area contributed by atoms with Crippen LogP contribution in [0.3, 0.4) is 0 Å². The van der Waals surface area contributed by atoms with Gasteiger partial charge in [0.15, 0.2) is 10.8 Å². The van der Waals surface area contributed by atoms with Gasteiger partial charge in [0.2, 0.25) is 5.89 Å². The van der Waals surface area contributed by atoms with Crippen LogP contribution in [0.1, 0.15) is 12.6 Å². The van der Waals surface area contributed by atoms with Gasteiger partial charge in [-0.25, -0.2) is 19.2 Å². The number of rotatable bonds is 5. The number of carbonyl (C=O) groups is 1. The summed E-state index contributed by atoms with van der Waals surface area (Å²) in [6.45, 7) is 1.74. The Bertz CT molecular complexity index is 1160. The number of halogens is 2. The van der Waals surface area contributed by atoms with Crippen molar-refractivity contribution < 1.29 is 18.7 Å². The molecule has 1 aliphatic heterocycles. The molecule has 2 aromatic heterocycles. The number of aromatic nitrogens is 2. The quantitative estimate of drug-likeness (QED) is 0.597. The third kappa shape index (κ3) is 4.07. The minimum absolute atomic E-state index is 0.0169. The van der Waals surface area contributed by atoms with Crippen molar-refractivity contribution in [2.24, 2.45) is 4.99 Å². The maximum absolute atomic E-state index is 13.3. The van der Waals surface area contributed by atoms with E-state index in [1.165, 1.54) is 42.5 Å². The van der Waals surface area contributed by atoms with Crippen molar-refractivity contribution in [2.45, 2.75) is 22.7 Å². The Kier molecular flexibility index (Phi) is 5.31. The topological polar surface area (TPSA) is 101 Å². The monoisotopic (exact) mass is 444 g/mol. The first-order valence-electron chi connectivity index (χ1n) is 8.67. The fraction of sp³-hybridized carbons (Fsp3) is 0.100. The molecule has 30 heavy (non-hydrogen) atoms. The number of carboxylic acid groups (broad SMARTS) is 1. The molecule has 10 heteroatoms. The fourth-order valence-electron chi connectivity index (χ4n) is 2.65. The Hall–Kier alpha value is -3.17. The highest BCUT2D eigenvalue weighted by Gasteiger charge is 2.35. The highest BCUT2D eigenvalue weighted by molar-refractivity contribution is 7.99. The molecule has 2 N–H and O–H groups in total. The molecule has 1 aromatic carbocycles. The van der Waals surface area contributed by atoms with Crippen molar-refractivity contribution in [1.82, 2.24) is 15.3 Å². The number of nitrogens with one attached hydrogen (secondary N) is 1. The summed E-state index contributed by atoms with van der Waals surface area (Å²) in [6, 6.07) is 9.18. The van der Waals surface area contributed by atoms with E-state index in [-0.39, 0.29) is 17.3 Å². The second kappa shape index (κ2) is 7.92. The van der Waals surface area contributed by atoms with E-state index in [4.69, 9.17) is 21.1 Å². The van der Waals surface area contributed by atoms with Crippen molar-refractivity contribution in [2.75, 3.05) is 0 Å². The molecule has 0 bridgehead atoms. The number of oxazole rings is 1. The Labute approximate surface area is 179 Å². The third-order valence-corrected chi connectivity index (χ3v) is 5.40. The van der Waals surface area contributed by atoms with Gasteiger partial charge in [0.1, 0.15) is 16.5 Å². The second-order valence-electron chi connectivity index (χ2n) is 6.46. The van der Waals surface area contributed by atoms with Crippen LogP contribution in [-0.4, -0.2) is 27.3 Å². The van der Waals surface area contributed by atoms with Gasteiger partial charge in [-0.2, -0.15) is 0 Å². The molecule has 7 nitrogen and oxygen atoms in total. The number of aliphatic imine (C=N–C) groups is 1. The Morgan fingerprint density at radius 3 is 2.63 bits per heavy atom. The van der Waals surface area contributed by atoms with Crippen LogP contribution in [0.25, 0.3) is 11.5 Å². The predicted octanol–water partition coefficient (Wildman–Crippen LogP) is 4.50. The smallest absolute Gasteiger partial charge is 0.338 e. The first kappa shape index (κ1) is 20.1. The molecule has 1 atom stereocenters. The van der Waals surface area contributed by atoms with Crippen molar-refractivity contribution in [3.63, 3.8) is 0 Å². The normalized spacial score (nSPS) is 18.0. The number of aliphatic carboxylic acids is 1. The van der Waals surface area contributed by atoms with Crippen LogP contribution < -0.4 is 5.32 Å². The standard InChI is InChI=1S/C20H14ClFN4O3S/c1-20(24-8-12(9-25-20)18(27)28)16-19(30-15-7-4-13(21)10-23-15)29-17(26-16)11-2-5-14(22)6-3-11/h2-10,24H,1H3,(H,27,28). The maximum Gasteiger partial charge on any atom is 0.338 e. The first-order chi connectivity index (χ1) is 14.3. The maximum atomic E-state index is 13.3. The molecule has 1 unspecified atom stereocenters. The molecule has 0 radical (unpaired) electrons. The lowest BCUT2D eigenvalue weighted by Crippen LogP contribution is -2.38. The summed E-state index contributed by atoms with van der Waals surface area (Å²) < 4.78 is 19.3. The van der Waals surface area contributed by atoms with Crippen LogP contribution in [0.4, 0.5) is 4.39 Å². The molecular weight excluding hydrogens is 431 g/mol. The minimum Gasteiger partial charge on any atom is -0.478 e. The van der Waals surface area contributed by atoms with Crippen LogP contribution in [0.2, 0.25) is 5.02 Å². The largest absolute Gasteiger partial charge is 0.478 e. The van der Waals surface area contributed by atoms with Crippen molar-refractivity contribution in [1.29, 1.82) is 0 Å². The number of hydrogen-bond donors (Lipinski definition) is 2. The summed E-state index contributed by atoms with van der Waals surface area (Å²) >= 11 is 7.12. The molecule has 4 rings (SSSR count). The number of hydrogen-bond acceptors (Lipinski definition) is 7. The van der Waals surface area contributed by atoms with Crippen molar-refractivity contribution in [3.8, 4) is 11.5 Å². The van der Waals surface area contributed by atoms with Crippen LogP contribution in [0, 0.1) is 5.82 Å². The lowest BCUT2D eigenvalue weighted by atomic mass is 10.1. The molecule has 0 saturated heterocycles. The summed E-state index contributed by atoms with van der Waals surface area (Å²) in [6.07, 6.45) is 4.14. The van der Waals surface area contributed by atoms with Gasteiger partial charge in [0.05, 0.1) is 10.6 Å². The van der Waals surface area contributed by atoms with E-state index in [9.17, 15) is 9.18 Å².